The molecule has 4 aliphatic rings. The molecule has 0 aromatic heterocycles. The molecule has 4 saturated carbocycles. The van der Waals surface area contributed by atoms with E-state index >= 15 is 0 Å². The average molecular weight is 266 g/mol. The predicted octanol–water partition coefficient (Wildman–Crippen LogP) is 1.73. The molecule has 2 amide bonds. The summed E-state index contributed by atoms with van der Waals surface area (Å²) < 4.78 is 0. The monoisotopic (exact) mass is 266 g/mol. The van der Waals surface area contributed by atoms with E-state index < -0.39 is 5.97 Å². The highest BCUT2D eigenvalue weighted by Gasteiger charge is 2.51. The highest BCUT2D eigenvalue weighted by atomic mass is 16.4. The van der Waals surface area contributed by atoms with Crippen LogP contribution in [0.25, 0.3) is 0 Å². The maximum atomic E-state index is 11.9. The zero-order chi connectivity index (χ0) is 13.5. The number of urea groups is 1. The molecule has 0 spiro atoms. The Morgan fingerprint density at radius 2 is 1.58 bits per heavy atom. The van der Waals surface area contributed by atoms with Crippen LogP contribution in [0, 0.1) is 17.8 Å². The summed E-state index contributed by atoms with van der Waals surface area (Å²) in [6.07, 6.45) is 7.38. The molecule has 0 aromatic rings. The van der Waals surface area contributed by atoms with Gasteiger partial charge in [0.25, 0.3) is 0 Å². The third-order valence-corrected chi connectivity index (χ3v) is 5.04. The summed E-state index contributed by atoms with van der Waals surface area (Å²) in [6.45, 7) is 0.202. The minimum Gasteiger partial charge on any atom is -0.481 e. The van der Waals surface area contributed by atoms with Crippen LogP contribution in [0.2, 0.25) is 0 Å². The van der Waals surface area contributed by atoms with Gasteiger partial charge in [0.15, 0.2) is 0 Å². The molecule has 4 bridgehead atoms. The third-order valence-electron chi connectivity index (χ3n) is 5.04. The smallest absolute Gasteiger partial charge is 0.315 e. The van der Waals surface area contributed by atoms with Gasteiger partial charge in [-0.05, 0) is 56.3 Å². The molecular formula is C14H22N2O3. The van der Waals surface area contributed by atoms with Gasteiger partial charge in [0.05, 0.1) is 6.42 Å². The molecule has 0 unspecified atom stereocenters. The van der Waals surface area contributed by atoms with E-state index in [1.54, 1.807) is 0 Å². The molecular weight excluding hydrogens is 244 g/mol. The summed E-state index contributed by atoms with van der Waals surface area (Å²) in [7, 11) is 0. The van der Waals surface area contributed by atoms with Crippen LogP contribution < -0.4 is 10.6 Å². The van der Waals surface area contributed by atoms with Crippen LogP contribution in [0.5, 0.6) is 0 Å². The fourth-order valence-electron chi connectivity index (χ4n) is 4.83. The molecule has 4 rings (SSSR count). The van der Waals surface area contributed by atoms with Gasteiger partial charge in [0, 0.05) is 12.1 Å². The van der Waals surface area contributed by atoms with E-state index in [0.29, 0.717) is 0 Å². The fraction of sp³-hybridized carbons (Fsp3) is 0.857. The summed E-state index contributed by atoms with van der Waals surface area (Å²) in [5.74, 6) is 1.51. The Hall–Kier alpha value is -1.26. The van der Waals surface area contributed by atoms with Gasteiger partial charge in [-0.25, -0.2) is 4.79 Å². The van der Waals surface area contributed by atoms with Crippen LogP contribution in [0.15, 0.2) is 0 Å². The Labute approximate surface area is 113 Å². The van der Waals surface area contributed by atoms with Crippen molar-refractivity contribution in [3.63, 3.8) is 0 Å². The van der Waals surface area contributed by atoms with Gasteiger partial charge in [0.1, 0.15) is 0 Å². The van der Waals surface area contributed by atoms with Crippen LogP contribution in [-0.2, 0) is 4.79 Å². The lowest BCUT2D eigenvalue weighted by atomic mass is 9.53. The number of aliphatic carboxylic acids is 1. The molecule has 0 saturated heterocycles. The van der Waals surface area contributed by atoms with E-state index in [1.165, 1.54) is 19.3 Å². The summed E-state index contributed by atoms with van der Waals surface area (Å²) in [5, 5.41) is 14.4. The van der Waals surface area contributed by atoms with Crippen LogP contribution in [-0.4, -0.2) is 29.2 Å². The summed E-state index contributed by atoms with van der Waals surface area (Å²) >= 11 is 0. The maximum absolute atomic E-state index is 11.9. The number of carbonyl (C=O) groups is 2. The molecule has 5 heteroatoms. The van der Waals surface area contributed by atoms with Crippen molar-refractivity contribution in [3.05, 3.63) is 0 Å². The molecule has 5 nitrogen and oxygen atoms in total. The first-order chi connectivity index (χ1) is 9.05. The number of amides is 2. The second kappa shape index (κ2) is 4.69. The molecule has 3 N–H and O–H groups in total. The molecule has 4 aliphatic carbocycles. The van der Waals surface area contributed by atoms with Crippen molar-refractivity contribution in [3.8, 4) is 0 Å². The lowest BCUT2D eigenvalue weighted by Gasteiger charge is -2.56. The van der Waals surface area contributed by atoms with E-state index in [9.17, 15) is 9.59 Å². The van der Waals surface area contributed by atoms with Crippen molar-refractivity contribution < 1.29 is 14.7 Å². The van der Waals surface area contributed by atoms with Crippen molar-refractivity contribution in [2.45, 2.75) is 50.5 Å². The zero-order valence-electron chi connectivity index (χ0n) is 11.2. The number of nitrogens with one attached hydrogen (secondary N) is 2. The maximum Gasteiger partial charge on any atom is 0.315 e. The van der Waals surface area contributed by atoms with Crippen molar-refractivity contribution in [1.29, 1.82) is 0 Å². The lowest BCUT2D eigenvalue weighted by Crippen LogP contribution is -2.61. The Morgan fingerprint density at radius 3 is 2.05 bits per heavy atom. The van der Waals surface area contributed by atoms with Crippen LogP contribution in [0.1, 0.15) is 44.9 Å². The third kappa shape index (κ3) is 2.69. The van der Waals surface area contributed by atoms with Crippen LogP contribution in [0.3, 0.4) is 0 Å². The lowest BCUT2D eigenvalue weighted by molar-refractivity contribution is -0.136. The van der Waals surface area contributed by atoms with Crippen molar-refractivity contribution in [2.75, 3.05) is 6.54 Å². The predicted molar refractivity (Wildman–Crippen MR) is 69.7 cm³/mol. The van der Waals surface area contributed by atoms with Gasteiger partial charge in [-0.2, -0.15) is 0 Å². The Kier molecular flexibility index (Phi) is 3.15. The first kappa shape index (κ1) is 12.8. The number of hydrogen-bond donors (Lipinski definition) is 3. The first-order valence-electron chi connectivity index (χ1n) is 7.32. The number of carboxylic acids is 1. The molecule has 0 aliphatic heterocycles. The van der Waals surface area contributed by atoms with Gasteiger partial charge in [-0.3, -0.25) is 4.79 Å². The Balaban J connectivity index is 1.54. The topological polar surface area (TPSA) is 78.4 Å². The van der Waals surface area contributed by atoms with E-state index in [0.717, 1.165) is 37.0 Å². The molecule has 0 atom stereocenters. The molecule has 0 radical (unpaired) electrons. The number of carbonyl (C=O) groups excluding carboxylic acids is 1. The van der Waals surface area contributed by atoms with Crippen molar-refractivity contribution in [2.24, 2.45) is 17.8 Å². The van der Waals surface area contributed by atoms with Crippen LogP contribution in [0.4, 0.5) is 4.79 Å². The van der Waals surface area contributed by atoms with Gasteiger partial charge in [-0.15, -0.1) is 0 Å². The zero-order valence-corrected chi connectivity index (χ0v) is 11.2. The highest BCUT2D eigenvalue weighted by Crippen LogP contribution is 2.55. The van der Waals surface area contributed by atoms with E-state index in [-0.39, 0.29) is 24.5 Å². The van der Waals surface area contributed by atoms with E-state index in [4.69, 9.17) is 5.11 Å². The van der Waals surface area contributed by atoms with Gasteiger partial charge < -0.3 is 15.7 Å². The minimum absolute atomic E-state index is 0.00204. The summed E-state index contributed by atoms with van der Waals surface area (Å²) in [4.78, 5) is 22.3. The SMILES string of the molecule is O=C(O)CCNC(=O)NC12CC3CC(CC(C3)C1)C2. The summed E-state index contributed by atoms with van der Waals surface area (Å²) in [6, 6.07) is -0.191. The highest BCUT2D eigenvalue weighted by molar-refractivity contribution is 5.75. The van der Waals surface area contributed by atoms with E-state index in [1.807, 2.05) is 0 Å². The summed E-state index contributed by atoms with van der Waals surface area (Å²) in [5.41, 5.74) is 0.00204. The number of rotatable bonds is 4. The number of hydrogen-bond acceptors (Lipinski definition) is 2. The van der Waals surface area contributed by atoms with Crippen molar-refractivity contribution >= 4 is 12.0 Å². The Morgan fingerprint density at radius 1 is 1.05 bits per heavy atom. The quantitative estimate of drug-likeness (QED) is 0.725. The number of carboxylic acid groups (broad SMARTS) is 1. The molecule has 4 fully saturated rings. The largest absolute Gasteiger partial charge is 0.481 e. The van der Waals surface area contributed by atoms with E-state index in [2.05, 4.69) is 10.6 Å². The average Bonchev–Trinajstić information content (AvgIpc) is 2.25. The Bertz CT molecular complexity index is 359. The van der Waals surface area contributed by atoms with Crippen LogP contribution >= 0.6 is 0 Å². The fourth-order valence-corrected chi connectivity index (χ4v) is 4.83. The molecule has 19 heavy (non-hydrogen) atoms. The standard InChI is InChI=1S/C14H22N2O3/c17-12(18)1-2-15-13(19)16-14-6-9-3-10(7-14)5-11(4-9)8-14/h9-11H,1-8H2,(H,17,18)(H2,15,16,19). The molecule has 106 valence electrons. The van der Waals surface area contributed by atoms with Gasteiger partial charge in [0.2, 0.25) is 0 Å². The first-order valence-corrected chi connectivity index (χ1v) is 7.32. The molecule has 0 heterocycles. The minimum atomic E-state index is -0.880. The normalized spacial score (nSPS) is 39.1. The van der Waals surface area contributed by atoms with Crippen molar-refractivity contribution in [1.82, 2.24) is 10.6 Å². The second-order valence-corrected chi connectivity index (χ2v) is 6.72. The van der Waals surface area contributed by atoms with Gasteiger partial charge in [-0.1, -0.05) is 0 Å². The molecule has 0 aromatic carbocycles. The van der Waals surface area contributed by atoms with Gasteiger partial charge >= 0.3 is 12.0 Å². The second-order valence-electron chi connectivity index (χ2n) is 6.72.